The van der Waals surface area contributed by atoms with Gasteiger partial charge in [0.15, 0.2) is 0 Å². The molecular formula is C22H34O4. The maximum Gasteiger partial charge on any atom is 0.305 e. The van der Waals surface area contributed by atoms with E-state index < -0.39 is 6.10 Å². The van der Waals surface area contributed by atoms with Crippen molar-refractivity contribution in [1.82, 2.24) is 0 Å². The highest BCUT2D eigenvalue weighted by molar-refractivity contribution is 5.69. The molecule has 0 aromatic rings. The maximum absolute atomic E-state index is 11.1. The maximum atomic E-state index is 11.1. The highest BCUT2D eigenvalue weighted by Gasteiger charge is 2.42. The predicted octanol–water partition coefficient (Wildman–Crippen LogP) is 3.94. The summed E-state index contributed by atoms with van der Waals surface area (Å²) >= 11 is 0. The summed E-state index contributed by atoms with van der Waals surface area (Å²) in [5.74, 6) is 0.775. The molecule has 0 bridgehead atoms. The van der Waals surface area contributed by atoms with Gasteiger partial charge in [0.25, 0.3) is 0 Å². The molecule has 0 spiro atoms. The summed E-state index contributed by atoms with van der Waals surface area (Å²) in [6.45, 7) is 2.16. The Labute approximate surface area is 157 Å². The van der Waals surface area contributed by atoms with Gasteiger partial charge in [0, 0.05) is 12.3 Å². The fourth-order valence-electron chi connectivity index (χ4n) is 4.16. The van der Waals surface area contributed by atoms with Crippen molar-refractivity contribution in [2.75, 3.05) is 7.11 Å². The van der Waals surface area contributed by atoms with Crippen LogP contribution in [0.4, 0.5) is 0 Å². The van der Waals surface area contributed by atoms with Crippen molar-refractivity contribution < 1.29 is 19.7 Å². The van der Waals surface area contributed by atoms with E-state index in [9.17, 15) is 15.0 Å². The Bertz CT molecular complexity index is 534. The second kappa shape index (κ2) is 10.7. The minimum Gasteiger partial charge on any atom is -0.469 e. The highest BCUT2D eigenvalue weighted by Crippen LogP contribution is 2.47. The molecule has 0 aromatic heterocycles. The van der Waals surface area contributed by atoms with Crippen molar-refractivity contribution in [2.45, 2.75) is 70.5 Å². The molecule has 4 heteroatoms. The molecule has 4 nitrogen and oxygen atoms in total. The summed E-state index contributed by atoms with van der Waals surface area (Å²) in [6.07, 6.45) is 16.6. The monoisotopic (exact) mass is 362 g/mol. The van der Waals surface area contributed by atoms with E-state index in [2.05, 4.69) is 23.8 Å². The molecule has 0 aromatic carbocycles. The molecule has 146 valence electrons. The van der Waals surface area contributed by atoms with E-state index in [-0.39, 0.29) is 18.0 Å². The van der Waals surface area contributed by atoms with Crippen molar-refractivity contribution in [1.29, 1.82) is 0 Å². The lowest BCUT2D eigenvalue weighted by Gasteiger charge is -2.18. The van der Waals surface area contributed by atoms with Crippen LogP contribution >= 0.6 is 0 Å². The molecule has 0 amide bonds. The Morgan fingerprint density at radius 2 is 2.23 bits per heavy atom. The summed E-state index contributed by atoms with van der Waals surface area (Å²) in [5.41, 5.74) is 1.29. The topological polar surface area (TPSA) is 66.8 Å². The van der Waals surface area contributed by atoms with Crippen LogP contribution in [-0.2, 0) is 9.53 Å². The molecule has 1 saturated carbocycles. The number of carbonyl (C=O) groups excluding carboxylic acids is 1. The van der Waals surface area contributed by atoms with Gasteiger partial charge >= 0.3 is 5.97 Å². The largest absolute Gasteiger partial charge is 0.469 e. The number of carbonyl (C=O) groups is 1. The standard InChI is InChI=1S/C22H34O4/c1-3-4-5-9-18(23)11-12-19-20-14-16(13-17(20)15-21(19)24)8-6-7-10-22(25)26-2/h6,8,11-13,17-21,23-24H,3-5,7,9-10,14-15H2,1-2H3/b8-6?,12-11-/t17-,18-,19-,20-,21+/m0/s1. The van der Waals surface area contributed by atoms with Gasteiger partial charge < -0.3 is 14.9 Å². The Morgan fingerprint density at radius 3 is 2.96 bits per heavy atom. The first-order chi connectivity index (χ1) is 12.5. The van der Waals surface area contributed by atoms with Crippen LogP contribution in [0, 0.1) is 17.8 Å². The van der Waals surface area contributed by atoms with Crippen LogP contribution in [0.3, 0.4) is 0 Å². The van der Waals surface area contributed by atoms with Crippen molar-refractivity contribution in [3.63, 3.8) is 0 Å². The van der Waals surface area contributed by atoms with Gasteiger partial charge in [0.2, 0.25) is 0 Å². The number of fused-ring (bicyclic) bond motifs is 1. The zero-order valence-corrected chi connectivity index (χ0v) is 16.1. The highest BCUT2D eigenvalue weighted by atomic mass is 16.5. The molecule has 2 aliphatic carbocycles. The Hall–Kier alpha value is -1.39. The summed E-state index contributed by atoms with van der Waals surface area (Å²) in [4.78, 5) is 11.1. The molecule has 2 rings (SSSR count). The summed E-state index contributed by atoms with van der Waals surface area (Å²) in [6, 6.07) is 0. The first-order valence-corrected chi connectivity index (χ1v) is 10.0. The minimum atomic E-state index is -0.403. The number of hydrogen-bond donors (Lipinski definition) is 2. The molecule has 2 aliphatic rings. The molecule has 2 N–H and O–H groups in total. The van der Waals surface area contributed by atoms with Crippen molar-refractivity contribution >= 4 is 5.97 Å². The van der Waals surface area contributed by atoms with E-state index >= 15 is 0 Å². The number of aliphatic hydroxyl groups is 2. The number of aliphatic hydroxyl groups excluding tert-OH is 2. The normalized spacial score (nSPS) is 29.3. The van der Waals surface area contributed by atoms with Gasteiger partial charge in [-0.1, -0.05) is 62.1 Å². The summed E-state index contributed by atoms with van der Waals surface area (Å²) < 4.78 is 4.64. The van der Waals surface area contributed by atoms with E-state index in [1.54, 1.807) is 0 Å². The lowest BCUT2D eigenvalue weighted by atomic mass is 9.89. The van der Waals surface area contributed by atoms with E-state index in [0.29, 0.717) is 24.7 Å². The van der Waals surface area contributed by atoms with Crippen LogP contribution in [0.25, 0.3) is 0 Å². The van der Waals surface area contributed by atoms with Crippen molar-refractivity contribution in [2.24, 2.45) is 17.8 Å². The van der Waals surface area contributed by atoms with Crippen LogP contribution in [0.1, 0.15) is 58.3 Å². The van der Waals surface area contributed by atoms with Crippen molar-refractivity contribution in [3.05, 3.63) is 36.0 Å². The number of hydrogen-bond acceptors (Lipinski definition) is 4. The zero-order valence-electron chi connectivity index (χ0n) is 16.1. The van der Waals surface area contributed by atoms with E-state index in [4.69, 9.17) is 0 Å². The average molecular weight is 363 g/mol. The van der Waals surface area contributed by atoms with Crippen LogP contribution < -0.4 is 0 Å². The molecule has 26 heavy (non-hydrogen) atoms. The Morgan fingerprint density at radius 1 is 1.42 bits per heavy atom. The number of methoxy groups -OCH3 is 1. The van der Waals surface area contributed by atoms with E-state index in [0.717, 1.165) is 38.5 Å². The minimum absolute atomic E-state index is 0.123. The quantitative estimate of drug-likeness (QED) is 0.351. The molecule has 0 heterocycles. The third-order valence-electron chi connectivity index (χ3n) is 5.64. The van der Waals surface area contributed by atoms with Gasteiger partial charge in [0.1, 0.15) is 0 Å². The smallest absolute Gasteiger partial charge is 0.305 e. The number of ether oxygens (including phenoxy) is 1. The van der Waals surface area contributed by atoms with Gasteiger partial charge in [-0.2, -0.15) is 0 Å². The van der Waals surface area contributed by atoms with Crippen molar-refractivity contribution in [3.8, 4) is 0 Å². The first kappa shape index (κ1) is 20.9. The number of allylic oxidation sites excluding steroid dienone is 4. The Kier molecular flexibility index (Phi) is 8.60. The molecule has 5 atom stereocenters. The predicted molar refractivity (Wildman–Crippen MR) is 103 cm³/mol. The first-order valence-electron chi connectivity index (χ1n) is 10.0. The lowest BCUT2D eigenvalue weighted by Crippen LogP contribution is -2.17. The van der Waals surface area contributed by atoms with Gasteiger partial charge in [-0.05, 0) is 37.5 Å². The fourth-order valence-corrected chi connectivity index (χ4v) is 4.16. The second-order valence-corrected chi connectivity index (χ2v) is 7.62. The number of unbranched alkanes of at least 4 members (excludes halogenated alkanes) is 2. The van der Waals surface area contributed by atoms with Crippen LogP contribution in [-0.4, -0.2) is 35.5 Å². The second-order valence-electron chi connectivity index (χ2n) is 7.62. The SMILES string of the molecule is CCCCC[C@H](O)/C=C\[C@H]1[C@H]2CC(C=CCCC(=O)OC)=C[C@H]2C[C@H]1O. The van der Waals surface area contributed by atoms with Gasteiger partial charge in [0.05, 0.1) is 19.3 Å². The third kappa shape index (κ3) is 6.10. The fraction of sp³-hybridized carbons (Fsp3) is 0.682. The van der Waals surface area contributed by atoms with E-state index in [1.165, 1.54) is 12.7 Å². The zero-order chi connectivity index (χ0) is 18.9. The summed E-state index contributed by atoms with van der Waals surface area (Å²) in [7, 11) is 1.41. The molecule has 0 unspecified atom stereocenters. The molecular weight excluding hydrogens is 328 g/mol. The van der Waals surface area contributed by atoms with Crippen LogP contribution in [0.15, 0.2) is 36.0 Å². The summed E-state index contributed by atoms with van der Waals surface area (Å²) in [5, 5.41) is 20.5. The van der Waals surface area contributed by atoms with Crippen LogP contribution in [0.5, 0.6) is 0 Å². The molecule has 0 radical (unpaired) electrons. The molecule has 0 saturated heterocycles. The van der Waals surface area contributed by atoms with E-state index in [1.807, 2.05) is 18.2 Å². The third-order valence-corrected chi connectivity index (χ3v) is 5.64. The van der Waals surface area contributed by atoms with Gasteiger partial charge in [-0.15, -0.1) is 0 Å². The van der Waals surface area contributed by atoms with Gasteiger partial charge in [-0.25, -0.2) is 0 Å². The average Bonchev–Trinajstić information content (AvgIpc) is 3.13. The number of esters is 1. The molecule has 0 aliphatic heterocycles. The van der Waals surface area contributed by atoms with Gasteiger partial charge in [-0.3, -0.25) is 4.79 Å². The lowest BCUT2D eigenvalue weighted by molar-refractivity contribution is -0.140. The van der Waals surface area contributed by atoms with Crippen LogP contribution in [0.2, 0.25) is 0 Å². The number of rotatable bonds is 10. The molecule has 1 fully saturated rings. The Balaban J connectivity index is 1.83.